The molecule has 6 heteroatoms. The van der Waals surface area contributed by atoms with Crippen molar-refractivity contribution in [2.24, 2.45) is 5.84 Å². The van der Waals surface area contributed by atoms with Gasteiger partial charge in [0.1, 0.15) is 0 Å². The summed E-state index contributed by atoms with van der Waals surface area (Å²) in [7, 11) is 0. The molecule has 4 N–H and O–H groups in total. The molecule has 0 atom stereocenters. The van der Waals surface area contributed by atoms with Crippen molar-refractivity contribution >= 4 is 17.3 Å². The highest BCUT2D eigenvalue weighted by Gasteiger charge is 2.35. The van der Waals surface area contributed by atoms with Crippen LogP contribution in [0.25, 0.3) is 5.65 Å². The first-order valence-corrected chi connectivity index (χ1v) is 6.35. The Morgan fingerprint density at radius 1 is 1.50 bits per heavy atom. The quantitative estimate of drug-likeness (QED) is 0.566. The number of hydrogen-bond donors (Lipinski definition) is 3. The van der Waals surface area contributed by atoms with Gasteiger partial charge in [-0.2, -0.15) is 0 Å². The molecule has 3 rings (SSSR count). The topological polar surface area (TPSA) is 80.3 Å². The van der Waals surface area contributed by atoms with Crippen LogP contribution in [-0.2, 0) is 0 Å². The minimum atomic E-state index is 0.187. The van der Waals surface area contributed by atoms with Crippen molar-refractivity contribution in [2.45, 2.75) is 38.1 Å². The van der Waals surface area contributed by atoms with Crippen LogP contribution in [0.2, 0.25) is 0 Å². The number of rotatable bonds is 4. The molecule has 0 aromatic carbocycles. The highest BCUT2D eigenvalue weighted by atomic mass is 15.3. The molecule has 2 heterocycles. The first-order valence-electron chi connectivity index (χ1n) is 6.35. The summed E-state index contributed by atoms with van der Waals surface area (Å²) in [6.45, 7) is 2.21. The first-order chi connectivity index (χ1) is 8.76. The van der Waals surface area contributed by atoms with E-state index in [0.29, 0.717) is 5.82 Å². The Morgan fingerprint density at radius 2 is 2.33 bits per heavy atom. The van der Waals surface area contributed by atoms with Crippen LogP contribution in [0.5, 0.6) is 0 Å². The van der Waals surface area contributed by atoms with Crippen molar-refractivity contribution in [2.75, 3.05) is 10.7 Å². The van der Waals surface area contributed by atoms with E-state index in [1.54, 1.807) is 6.20 Å². The number of nitrogens with one attached hydrogen (secondary N) is 2. The van der Waals surface area contributed by atoms with Gasteiger partial charge >= 0.3 is 0 Å². The second kappa shape index (κ2) is 4.13. The molecule has 1 aliphatic rings. The van der Waals surface area contributed by atoms with Crippen LogP contribution in [0, 0.1) is 0 Å². The summed E-state index contributed by atoms with van der Waals surface area (Å²) < 4.78 is 1.92. The highest BCUT2D eigenvalue weighted by Crippen LogP contribution is 2.38. The second-order valence-electron chi connectivity index (χ2n) is 4.89. The van der Waals surface area contributed by atoms with Crippen LogP contribution in [0.1, 0.15) is 32.6 Å². The number of hydrogen-bond acceptors (Lipinski definition) is 5. The third kappa shape index (κ3) is 1.69. The number of nitrogens with zero attached hydrogens (tertiary/aromatic N) is 3. The summed E-state index contributed by atoms with van der Waals surface area (Å²) >= 11 is 0. The average molecular weight is 246 g/mol. The number of hydrazine groups is 1. The van der Waals surface area contributed by atoms with Gasteiger partial charge in [-0.25, -0.2) is 15.8 Å². The molecule has 0 unspecified atom stereocenters. The minimum absolute atomic E-state index is 0.187. The van der Waals surface area contributed by atoms with Gasteiger partial charge in [0.15, 0.2) is 17.3 Å². The van der Waals surface area contributed by atoms with Crippen LogP contribution < -0.4 is 16.6 Å². The van der Waals surface area contributed by atoms with Gasteiger partial charge in [0.2, 0.25) is 0 Å². The van der Waals surface area contributed by atoms with E-state index < -0.39 is 0 Å². The number of nitrogen functional groups attached to an aromatic ring is 1. The predicted octanol–water partition coefficient (Wildman–Crippen LogP) is 1.76. The largest absolute Gasteiger partial charge is 0.361 e. The maximum Gasteiger partial charge on any atom is 0.180 e. The Balaban J connectivity index is 2.01. The maximum absolute atomic E-state index is 5.45. The molecule has 0 saturated heterocycles. The number of imidazole rings is 1. The zero-order chi connectivity index (χ0) is 12.6. The third-order valence-corrected chi connectivity index (χ3v) is 3.89. The Hall–Kier alpha value is -1.82. The van der Waals surface area contributed by atoms with Crippen molar-refractivity contribution in [3.05, 3.63) is 18.6 Å². The Bertz CT molecular complexity index is 551. The second-order valence-corrected chi connectivity index (χ2v) is 4.89. The van der Waals surface area contributed by atoms with Crippen LogP contribution in [-0.4, -0.2) is 19.9 Å². The fraction of sp³-hybridized carbons (Fsp3) is 0.500. The Kier molecular flexibility index (Phi) is 2.59. The molecular weight excluding hydrogens is 228 g/mol. The van der Waals surface area contributed by atoms with E-state index in [0.717, 1.165) is 17.9 Å². The normalized spacial score (nSPS) is 17.4. The van der Waals surface area contributed by atoms with E-state index in [1.807, 2.05) is 16.8 Å². The summed E-state index contributed by atoms with van der Waals surface area (Å²) in [5.74, 6) is 6.88. The lowest BCUT2D eigenvalue weighted by atomic mass is 9.75. The summed E-state index contributed by atoms with van der Waals surface area (Å²) in [5.41, 5.74) is 3.62. The van der Waals surface area contributed by atoms with Crippen LogP contribution in [0.3, 0.4) is 0 Å². The number of anilines is 2. The highest BCUT2D eigenvalue weighted by molar-refractivity contribution is 5.66. The molecule has 96 valence electrons. The van der Waals surface area contributed by atoms with Gasteiger partial charge in [-0.05, 0) is 25.7 Å². The molecule has 1 aliphatic carbocycles. The molecule has 18 heavy (non-hydrogen) atoms. The van der Waals surface area contributed by atoms with Crippen molar-refractivity contribution in [1.82, 2.24) is 14.4 Å². The van der Waals surface area contributed by atoms with E-state index >= 15 is 0 Å². The Morgan fingerprint density at radius 3 is 2.94 bits per heavy atom. The fourth-order valence-electron chi connectivity index (χ4n) is 2.51. The molecule has 1 fully saturated rings. The summed E-state index contributed by atoms with van der Waals surface area (Å²) in [5, 5.41) is 3.56. The van der Waals surface area contributed by atoms with Gasteiger partial charge in [-0.3, -0.25) is 0 Å². The van der Waals surface area contributed by atoms with Crippen molar-refractivity contribution in [1.29, 1.82) is 0 Å². The summed E-state index contributed by atoms with van der Waals surface area (Å²) in [4.78, 5) is 8.82. The molecule has 0 bridgehead atoms. The Labute approximate surface area is 106 Å². The molecule has 1 saturated carbocycles. The van der Waals surface area contributed by atoms with Gasteiger partial charge in [0.25, 0.3) is 0 Å². The average Bonchev–Trinajstić information content (AvgIpc) is 2.81. The molecule has 6 nitrogen and oxygen atoms in total. The van der Waals surface area contributed by atoms with Crippen LogP contribution in [0.15, 0.2) is 18.6 Å². The van der Waals surface area contributed by atoms with E-state index in [4.69, 9.17) is 5.84 Å². The van der Waals surface area contributed by atoms with Crippen LogP contribution in [0.4, 0.5) is 11.6 Å². The first kappa shape index (κ1) is 11.3. The molecule has 0 radical (unpaired) electrons. The van der Waals surface area contributed by atoms with Crippen LogP contribution >= 0.6 is 0 Å². The number of fused-ring (bicyclic) bond motifs is 1. The summed E-state index contributed by atoms with van der Waals surface area (Å²) in [6, 6.07) is 0. The predicted molar refractivity (Wildman–Crippen MR) is 71.3 cm³/mol. The molecule has 2 aromatic heterocycles. The maximum atomic E-state index is 5.45. The third-order valence-electron chi connectivity index (χ3n) is 3.89. The van der Waals surface area contributed by atoms with Crippen molar-refractivity contribution < 1.29 is 0 Å². The molecule has 0 amide bonds. The van der Waals surface area contributed by atoms with Gasteiger partial charge in [0, 0.05) is 17.9 Å². The van der Waals surface area contributed by atoms with E-state index in [9.17, 15) is 0 Å². The fourth-order valence-corrected chi connectivity index (χ4v) is 2.51. The zero-order valence-corrected chi connectivity index (χ0v) is 10.5. The standard InChI is InChI=1S/C12H18N6/c1-2-12(4-3-5-12)16-10-11-14-6-7-18(11)8-9(15-10)17-13/h6-8,17H,2-5,13H2,1H3,(H,15,16). The lowest BCUT2D eigenvalue weighted by Gasteiger charge is -2.42. The van der Waals surface area contributed by atoms with Gasteiger partial charge in [-0.1, -0.05) is 6.92 Å². The van der Waals surface area contributed by atoms with E-state index in [2.05, 4.69) is 27.6 Å². The van der Waals surface area contributed by atoms with Gasteiger partial charge in [0.05, 0.1) is 6.20 Å². The smallest absolute Gasteiger partial charge is 0.180 e. The number of aromatic nitrogens is 3. The molecule has 2 aromatic rings. The lowest BCUT2D eigenvalue weighted by Crippen LogP contribution is -2.44. The molecule has 0 aliphatic heterocycles. The van der Waals surface area contributed by atoms with Gasteiger partial charge < -0.3 is 15.1 Å². The van der Waals surface area contributed by atoms with E-state index in [1.165, 1.54) is 19.3 Å². The summed E-state index contributed by atoms with van der Waals surface area (Å²) in [6.07, 6.45) is 10.2. The number of nitrogens with two attached hydrogens (primary N) is 1. The SMILES string of the molecule is CCC1(Nc2nc(NN)cn3ccnc23)CCC1. The zero-order valence-electron chi connectivity index (χ0n) is 10.5. The minimum Gasteiger partial charge on any atom is -0.361 e. The lowest BCUT2D eigenvalue weighted by molar-refractivity contribution is 0.269. The molecule has 0 spiro atoms. The van der Waals surface area contributed by atoms with Crippen molar-refractivity contribution in [3.8, 4) is 0 Å². The van der Waals surface area contributed by atoms with Gasteiger partial charge in [-0.15, -0.1) is 0 Å². The van der Waals surface area contributed by atoms with E-state index in [-0.39, 0.29) is 5.54 Å². The van der Waals surface area contributed by atoms with Crippen molar-refractivity contribution in [3.63, 3.8) is 0 Å². The molecular formula is C12H18N6. The monoisotopic (exact) mass is 246 g/mol.